The molecule has 10 heteroatoms. The molecule has 0 heterocycles. The van der Waals surface area contributed by atoms with Crippen LogP contribution in [-0.2, 0) is 51.0 Å². The van der Waals surface area contributed by atoms with Crippen LogP contribution >= 0.6 is 0 Å². The third kappa shape index (κ3) is 11.1. The molecule has 210 valence electrons. The van der Waals surface area contributed by atoms with Crippen molar-refractivity contribution >= 4 is 23.9 Å². The fraction of sp³-hybridized carbons (Fsp3) is 0.379. The van der Waals surface area contributed by atoms with Gasteiger partial charge in [-0.3, -0.25) is 9.59 Å². The minimum Gasteiger partial charge on any atom is -0.549 e. The maximum Gasteiger partial charge on any atom is 0.307 e. The maximum atomic E-state index is 12.4. The molecule has 0 aliphatic carbocycles. The lowest BCUT2D eigenvalue weighted by molar-refractivity contribution is -0.322. The second-order valence-corrected chi connectivity index (χ2v) is 8.63. The van der Waals surface area contributed by atoms with E-state index >= 15 is 0 Å². The summed E-state index contributed by atoms with van der Waals surface area (Å²) >= 11 is 0. The van der Waals surface area contributed by atoms with E-state index in [0.29, 0.717) is 26.1 Å². The molecule has 0 amide bonds. The van der Waals surface area contributed by atoms with Gasteiger partial charge in [0.15, 0.2) is 0 Å². The van der Waals surface area contributed by atoms with Crippen LogP contribution in [-0.4, -0.2) is 63.5 Å². The average Bonchev–Trinajstić information content (AvgIpc) is 2.92. The Morgan fingerprint density at radius 3 is 1.41 bits per heavy atom. The van der Waals surface area contributed by atoms with Gasteiger partial charge in [0.2, 0.25) is 0 Å². The van der Waals surface area contributed by atoms with Crippen molar-refractivity contribution in [1.82, 2.24) is 0 Å². The summed E-state index contributed by atoms with van der Waals surface area (Å²) in [4.78, 5) is 48.2. The SMILES string of the molecule is C=C(C(=O)[O-])C(CC(=O)OCCOCCc1ccccc1)(CC(=O)OCCOCCc1ccccc1)C(=O)[O-]. The molecule has 2 rings (SSSR count). The van der Waals surface area contributed by atoms with Gasteiger partial charge in [-0.15, -0.1) is 0 Å². The van der Waals surface area contributed by atoms with Crippen LogP contribution in [0.4, 0.5) is 0 Å². The van der Waals surface area contributed by atoms with Gasteiger partial charge in [0.1, 0.15) is 13.2 Å². The molecule has 2 aromatic carbocycles. The standard InChI is InChI=1S/C29H34O10/c1-22(27(32)33)29(28(34)35,20-25(30)38-18-16-36-14-12-23-8-4-2-5-9-23)21-26(31)39-19-17-37-15-13-24-10-6-3-7-11-24/h2-11H,1,12-21H2,(H,32,33)(H,34,35)/p-2. The molecule has 0 aliphatic heterocycles. The number of carbonyl (C=O) groups excluding carboxylic acids is 4. The second kappa shape index (κ2) is 16.7. The monoisotopic (exact) mass is 540 g/mol. The Morgan fingerprint density at radius 1 is 0.641 bits per heavy atom. The molecular formula is C29H32O10-2. The zero-order chi connectivity index (χ0) is 28.5. The number of carboxylic acid groups (broad SMARTS) is 2. The molecule has 0 aromatic heterocycles. The third-order valence-corrected chi connectivity index (χ3v) is 5.84. The smallest absolute Gasteiger partial charge is 0.307 e. The number of hydrogen-bond acceptors (Lipinski definition) is 10. The van der Waals surface area contributed by atoms with Crippen LogP contribution in [0.15, 0.2) is 72.8 Å². The van der Waals surface area contributed by atoms with Crippen LogP contribution < -0.4 is 10.2 Å². The summed E-state index contributed by atoms with van der Waals surface area (Å²) in [7, 11) is 0. The normalized spacial score (nSPS) is 11.0. The molecule has 0 bridgehead atoms. The largest absolute Gasteiger partial charge is 0.549 e. The number of ether oxygens (including phenoxy) is 4. The van der Waals surface area contributed by atoms with Gasteiger partial charge in [-0.2, -0.15) is 0 Å². The zero-order valence-electron chi connectivity index (χ0n) is 21.6. The predicted octanol–water partition coefficient (Wildman–Crippen LogP) is 0.414. The number of aliphatic carboxylic acids is 2. The van der Waals surface area contributed by atoms with Gasteiger partial charge in [0.25, 0.3) is 0 Å². The topological polar surface area (TPSA) is 151 Å². The van der Waals surface area contributed by atoms with Gasteiger partial charge in [-0.05, 0) is 29.5 Å². The summed E-state index contributed by atoms with van der Waals surface area (Å²) in [5.74, 6) is -6.10. The van der Waals surface area contributed by atoms with Crippen molar-refractivity contribution < 1.29 is 48.3 Å². The number of carbonyl (C=O) groups is 4. The molecule has 39 heavy (non-hydrogen) atoms. The minimum absolute atomic E-state index is 0.0324. The van der Waals surface area contributed by atoms with Gasteiger partial charge in [-0.25, -0.2) is 0 Å². The number of benzene rings is 2. The van der Waals surface area contributed by atoms with Crippen LogP contribution in [0.3, 0.4) is 0 Å². The maximum absolute atomic E-state index is 12.4. The van der Waals surface area contributed by atoms with E-state index in [1.165, 1.54) is 0 Å². The number of carboxylic acids is 2. The Kier molecular flexibility index (Phi) is 13.4. The molecule has 0 atom stereocenters. The Balaban J connectivity index is 1.80. The van der Waals surface area contributed by atoms with E-state index in [1.807, 2.05) is 60.7 Å². The summed E-state index contributed by atoms with van der Waals surface area (Å²) < 4.78 is 20.8. The van der Waals surface area contributed by atoms with Crippen molar-refractivity contribution in [1.29, 1.82) is 0 Å². The summed E-state index contributed by atoms with van der Waals surface area (Å²) in [5, 5.41) is 23.5. The first kappa shape index (κ1) is 31.2. The molecule has 0 radical (unpaired) electrons. The van der Waals surface area contributed by atoms with Crippen molar-refractivity contribution in [3.63, 3.8) is 0 Å². The lowest BCUT2D eigenvalue weighted by atomic mass is 9.75. The highest BCUT2D eigenvalue weighted by molar-refractivity contribution is 5.99. The van der Waals surface area contributed by atoms with Crippen molar-refractivity contribution in [2.24, 2.45) is 5.41 Å². The summed E-state index contributed by atoms with van der Waals surface area (Å²) in [5.41, 5.74) is -1.48. The van der Waals surface area contributed by atoms with Gasteiger partial charge in [0.05, 0.1) is 56.6 Å². The Labute approximate surface area is 227 Å². The first-order valence-electron chi connectivity index (χ1n) is 12.4. The van der Waals surface area contributed by atoms with Gasteiger partial charge < -0.3 is 38.7 Å². The molecule has 2 aromatic rings. The molecule has 0 aliphatic rings. The van der Waals surface area contributed by atoms with Crippen molar-refractivity contribution in [3.8, 4) is 0 Å². The number of esters is 2. The number of hydrogen-bond donors (Lipinski definition) is 0. The molecular weight excluding hydrogens is 508 g/mol. The van der Waals surface area contributed by atoms with Crippen LogP contribution in [0.5, 0.6) is 0 Å². The quantitative estimate of drug-likeness (QED) is 0.139. The minimum atomic E-state index is -2.62. The molecule has 0 spiro atoms. The fourth-order valence-corrected chi connectivity index (χ4v) is 3.64. The Morgan fingerprint density at radius 2 is 1.05 bits per heavy atom. The van der Waals surface area contributed by atoms with Crippen LogP contribution in [0, 0.1) is 5.41 Å². The average molecular weight is 541 g/mol. The second-order valence-electron chi connectivity index (χ2n) is 8.63. The van der Waals surface area contributed by atoms with E-state index in [0.717, 1.165) is 11.1 Å². The highest BCUT2D eigenvalue weighted by atomic mass is 16.6. The highest BCUT2D eigenvalue weighted by Gasteiger charge is 2.41. The molecule has 0 saturated carbocycles. The summed E-state index contributed by atoms with van der Waals surface area (Å²) in [6.07, 6.45) is -0.744. The first-order valence-corrected chi connectivity index (χ1v) is 12.4. The van der Waals surface area contributed by atoms with Crippen LogP contribution in [0.2, 0.25) is 0 Å². The van der Waals surface area contributed by atoms with E-state index < -0.39 is 47.7 Å². The van der Waals surface area contributed by atoms with Gasteiger partial charge >= 0.3 is 11.9 Å². The van der Waals surface area contributed by atoms with Gasteiger partial charge in [-0.1, -0.05) is 67.2 Å². The lowest BCUT2D eigenvalue weighted by Gasteiger charge is -2.35. The molecule has 0 saturated heterocycles. The van der Waals surface area contributed by atoms with E-state index in [9.17, 15) is 29.4 Å². The molecule has 0 unspecified atom stereocenters. The predicted molar refractivity (Wildman–Crippen MR) is 135 cm³/mol. The lowest BCUT2D eigenvalue weighted by Crippen LogP contribution is -2.50. The molecule has 0 fully saturated rings. The van der Waals surface area contributed by atoms with Crippen molar-refractivity contribution in [2.75, 3.05) is 39.6 Å². The summed E-state index contributed by atoms with van der Waals surface area (Å²) in [6.45, 7) is 3.59. The highest BCUT2D eigenvalue weighted by Crippen LogP contribution is 2.35. The van der Waals surface area contributed by atoms with Gasteiger partial charge in [0, 0.05) is 0 Å². The van der Waals surface area contributed by atoms with Crippen molar-refractivity contribution in [3.05, 3.63) is 83.9 Å². The fourth-order valence-electron chi connectivity index (χ4n) is 3.64. The van der Waals surface area contributed by atoms with E-state index in [2.05, 4.69) is 6.58 Å². The first-order chi connectivity index (χ1) is 18.7. The Hall–Kier alpha value is -4.02. The summed E-state index contributed by atoms with van der Waals surface area (Å²) in [6, 6.07) is 19.2. The Bertz CT molecular complexity index is 1020. The third-order valence-electron chi connectivity index (χ3n) is 5.84. The van der Waals surface area contributed by atoms with Crippen LogP contribution in [0.1, 0.15) is 24.0 Å². The number of rotatable bonds is 19. The molecule has 10 nitrogen and oxygen atoms in total. The van der Waals surface area contributed by atoms with E-state index in [4.69, 9.17) is 18.9 Å². The zero-order valence-corrected chi connectivity index (χ0v) is 21.6. The van der Waals surface area contributed by atoms with Crippen molar-refractivity contribution in [2.45, 2.75) is 25.7 Å². The van der Waals surface area contributed by atoms with E-state index in [-0.39, 0.29) is 26.4 Å². The van der Waals surface area contributed by atoms with Crippen LogP contribution in [0.25, 0.3) is 0 Å². The van der Waals surface area contributed by atoms with E-state index in [1.54, 1.807) is 0 Å². The molecule has 0 N–H and O–H groups in total.